The van der Waals surface area contributed by atoms with Crippen molar-refractivity contribution in [3.05, 3.63) is 0 Å². The molecule has 0 aromatic heterocycles. The van der Waals surface area contributed by atoms with Crippen LogP contribution in [0.3, 0.4) is 0 Å². The van der Waals surface area contributed by atoms with Gasteiger partial charge in [0, 0.05) is 5.92 Å². The van der Waals surface area contributed by atoms with Crippen LogP contribution >= 0.6 is 0 Å². The summed E-state index contributed by atoms with van der Waals surface area (Å²) in [6.07, 6.45) is 2.58. The minimum atomic E-state index is -3.07. The maximum Gasteiger partial charge on any atom is 0.156 e. The molecule has 0 bridgehead atoms. The van der Waals surface area contributed by atoms with Crippen LogP contribution in [0.2, 0.25) is 0 Å². The molecule has 15 heavy (non-hydrogen) atoms. The van der Waals surface area contributed by atoms with E-state index in [-0.39, 0.29) is 11.7 Å². The summed E-state index contributed by atoms with van der Waals surface area (Å²) in [5.74, 6) is -0.0795. The summed E-state index contributed by atoms with van der Waals surface area (Å²) in [7, 11) is -3.07. The maximum atomic E-state index is 12.9. The van der Waals surface area contributed by atoms with Crippen LogP contribution in [-0.4, -0.2) is 38.7 Å². The summed E-state index contributed by atoms with van der Waals surface area (Å²) in [6, 6.07) is 0. The molecule has 5 heteroatoms. The normalized spacial score (nSPS) is 40.5. The van der Waals surface area contributed by atoms with Crippen LogP contribution in [0.15, 0.2) is 0 Å². The molecule has 3 nitrogen and oxygen atoms in total. The Kier molecular flexibility index (Phi) is 3.03. The van der Waals surface area contributed by atoms with Gasteiger partial charge in [-0.3, -0.25) is 4.39 Å². The quantitative estimate of drug-likeness (QED) is 0.734. The molecule has 2 saturated heterocycles. The predicted octanol–water partition coefficient (Wildman–Crippen LogP) is 0.903. The first-order chi connectivity index (χ1) is 7.12. The van der Waals surface area contributed by atoms with E-state index in [1.807, 2.05) is 0 Å². The molecule has 0 aliphatic carbocycles. The molecular formula is C10H18FNO2S. The van der Waals surface area contributed by atoms with Gasteiger partial charge in [0.15, 0.2) is 9.84 Å². The Bertz CT molecular complexity index is 320. The molecule has 0 amide bonds. The van der Waals surface area contributed by atoms with Gasteiger partial charge in [0.2, 0.25) is 0 Å². The lowest BCUT2D eigenvalue weighted by atomic mass is 9.85. The van der Waals surface area contributed by atoms with Crippen LogP contribution in [0.1, 0.15) is 25.7 Å². The SMILES string of the molecule is O=S1(=O)CCC(CF)C12CCCNCC2. The van der Waals surface area contributed by atoms with E-state index in [0.29, 0.717) is 25.8 Å². The molecule has 1 spiro atoms. The van der Waals surface area contributed by atoms with Crippen LogP contribution in [0, 0.1) is 5.92 Å². The number of halogens is 1. The molecule has 1 N–H and O–H groups in total. The van der Waals surface area contributed by atoms with Gasteiger partial charge in [-0.05, 0) is 38.8 Å². The van der Waals surface area contributed by atoms with Gasteiger partial charge < -0.3 is 5.32 Å². The smallest absolute Gasteiger partial charge is 0.156 e. The number of hydrogen-bond donors (Lipinski definition) is 1. The van der Waals surface area contributed by atoms with Crippen LogP contribution in [0.5, 0.6) is 0 Å². The number of alkyl halides is 1. The Morgan fingerprint density at radius 1 is 1.33 bits per heavy atom. The van der Waals surface area contributed by atoms with Crippen molar-refractivity contribution in [2.24, 2.45) is 5.92 Å². The Hall–Kier alpha value is -0.160. The molecule has 2 rings (SSSR count). The molecule has 2 fully saturated rings. The van der Waals surface area contributed by atoms with Crippen LogP contribution in [0.4, 0.5) is 4.39 Å². The van der Waals surface area contributed by atoms with Gasteiger partial charge >= 0.3 is 0 Å². The van der Waals surface area contributed by atoms with Crippen molar-refractivity contribution in [2.75, 3.05) is 25.5 Å². The van der Waals surface area contributed by atoms with Gasteiger partial charge in [-0.15, -0.1) is 0 Å². The zero-order valence-corrected chi connectivity index (χ0v) is 9.65. The molecular weight excluding hydrogens is 217 g/mol. The van der Waals surface area contributed by atoms with E-state index in [9.17, 15) is 12.8 Å². The van der Waals surface area contributed by atoms with E-state index < -0.39 is 21.3 Å². The lowest BCUT2D eigenvalue weighted by Crippen LogP contribution is -2.42. The minimum absolute atomic E-state index is 0.182. The third kappa shape index (κ3) is 1.69. The molecule has 2 aliphatic heterocycles. The van der Waals surface area contributed by atoms with E-state index in [4.69, 9.17) is 0 Å². The second-order valence-corrected chi connectivity index (χ2v) is 7.08. The summed E-state index contributed by atoms with van der Waals surface area (Å²) in [5.41, 5.74) is 0. The van der Waals surface area contributed by atoms with Gasteiger partial charge in [0.05, 0.1) is 17.2 Å². The third-order valence-corrected chi connectivity index (χ3v) is 6.72. The summed E-state index contributed by atoms with van der Waals surface area (Å²) < 4.78 is 36.3. The predicted molar refractivity (Wildman–Crippen MR) is 57.3 cm³/mol. The highest BCUT2D eigenvalue weighted by Gasteiger charge is 2.53. The van der Waals surface area contributed by atoms with Gasteiger partial charge in [-0.1, -0.05) is 0 Å². The molecule has 0 radical (unpaired) electrons. The van der Waals surface area contributed by atoms with Crippen molar-refractivity contribution in [3.63, 3.8) is 0 Å². The van der Waals surface area contributed by atoms with Gasteiger partial charge in [0.1, 0.15) is 0 Å². The molecule has 0 aromatic carbocycles. The van der Waals surface area contributed by atoms with Crippen molar-refractivity contribution < 1.29 is 12.8 Å². The zero-order chi connectivity index (χ0) is 10.9. The number of nitrogens with one attached hydrogen (secondary N) is 1. The average molecular weight is 235 g/mol. The fourth-order valence-corrected chi connectivity index (χ4v) is 5.58. The summed E-state index contributed by atoms with van der Waals surface area (Å²) in [5, 5.41) is 3.19. The number of hydrogen-bond acceptors (Lipinski definition) is 3. The van der Waals surface area contributed by atoms with Crippen LogP contribution in [-0.2, 0) is 9.84 Å². The monoisotopic (exact) mass is 235 g/mol. The largest absolute Gasteiger partial charge is 0.317 e. The van der Waals surface area contributed by atoms with Crippen LogP contribution < -0.4 is 5.32 Å². The topological polar surface area (TPSA) is 46.2 Å². The molecule has 0 saturated carbocycles. The summed E-state index contributed by atoms with van der Waals surface area (Å²) in [6.45, 7) is 1.07. The molecule has 2 atom stereocenters. The lowest BCUT2D eigenvalue weighted by Gasteiger charge is -2.31. The number of sulfone groups is 1. The summed E-state index contributed by atoms with van der Waals surface area (Å²) >= 11 is 0. The molecule has 0 aromatic rings. The fourth-order valence-electron chi connectivity index (χ4n) is 3.02. The van der Waals surface area contributed by atoms with E-state index in [2.05, 4.69) is 5.32 Å². The van der Waals surface area contributed by atoms with Crippen molar-refractivity contribution in [1.82, 2.24) is 5.32 Å². The summed E-state index contributed by atoms with van der Waals surface area (Å²) in [4.78, 5) is 0. The molecule has 2 aliphatic rings. The average Bonchev–Trinajstić information content (AvgIpc) is 2.42. The second kappa shape index (κ2) is 4.01. The molecule has 2 heterocycles. The van der Waals surface area contributed by atoms with Crippen molar-refractivity contribution >= 4 is 9.84 Å². The first kappa shape index (κ1) is 11.3. The van der Waals surface area contributed by atoms with Crippen molar-refractivity contribution in [1.29, 1.82) is 0 Å². The van der Waals surface area contributed by atoms with Gasteiger partial charge in [0.25, 0.3) is 0 Å². The Morgan fingerprint density at radius 3 is 2.87 bits per heavy atom. The first-order valence-electron chi connectivity index (χ1n) is 5.61. The molecule has 2 unspecified atom stereocenters. The highest BCUT2D eigenvalue weighted by atomic mass is 32.2. The van der Waals surface area contributed by atoms with Gasteiger partial charge in [-0.2, -0.15) is 0 Å². The van der Waals surface area contributed by atoms with E-state index >= 15 is 0 Å². The van der Waals surface area contributed by atoms with Crippen molar-refractivity contribution in [3.8, 4) is 0 Å². The van der Waals surface area contributed by atoms with E-state index in [1.54, 1.807) is 0 Å². The minimum Gasteiger partial charge on any atom is -0.317 e. The lowest BCUT2D eigenvalue weighted by molar-refractivity contribution is 0.272. The van der Waals surface area contributed by atoms with Gasteiger partial charge in [-0.25, -0.2) is 8.42 Å². The fraction of sp³-hybridized carbons (Fsp3) is 1.00. The Morgan fingerprint density at radius 2 is 2.13 bits per heavy atom. The van der Waals surface area contributed by atoms with Crippen LogP contribution in [0.25, 0.3) is 0 Å². The van der Waals surface area contributed by atoms with Crippen molar-refractivity contribution in [2.45, 2.75) is 30.4 Å². The highest BCUT2D eigenvalue weighted by molar-refractivity contribution is 7.93. The van der Waals surface area contributed by atoms with E-state index in [1.165, 1.54) is 0 Å². The molecule has 88 valence electrons. The Labute approximate surface area is 90.4 Å². The zero-order valence-electron chi connectivity index (χ0n) is 8.84. The maximum absolute atomic E-state index is 12.9. The first-order valence-corrected chi connectivity index (χ1v) is 7.27. The standard InChI is InChI=1S/C10H18FNO2S/c11-8-9-2-7-15(13,14)10(9)3-1-5-12-6-4-10/h9,12H,1-8H2. The van der Waals surface area contributed by atoms with E-state index in [0.717, 1.165) is 13.0 Å². The second-order valence-electron chi connectivity index (χ2n) is 4.63. The number of rotatable bonds is 1. The highest BCUT2D eigenvalue weighted by Crippen LogP contribution is 2.44. The Balaban J connectivity index is 2.34. The third-order valence-electron chi connectivity index (χ3n) is 3.96.